The van der Waals surface area contributed by atoms with Crippen LogP contribution in [0.5, 0.6) is 0 Å². The number of ether oxygens (including phenoxy) is 7. The summed E-state index contributed by atoms with van der Waals surface area (Å²) in [5, 5.41) is 24.5. The van der Waals surface area contributed by atoms with Gasteiger partial charge in [0.15, 0.2) is 17.5 Å². The smallest absolute Gasteiger partial charge is 0.408 e. The molecule has 1 aliphatic heterocycles. The van der Waals surface area contributed by atoms with Gasteiger partial charge in [0.25, 0.3) is 0 Å². The minimum Gasteiger partial charge on any atom is -0.458 e. The van der Waals surface area contributed by atoms with E-state index in [-0.39, 0.29) is 31.4 Å². The second-order valence-electron chi connectivity index (χ2n) is 18.0. The summed E-state index contributed by atoms with van der Waals surface area (Å²) >= 11 is 0. The molecular weight excluding hydrogens is 790 g/mol. The number of nitrogens with one attached hydrogen (secondary N) is 1. The molecule has 3 N–H and O–H groups in total. The number of ketones is 1. The molecule has 15 nitrogen and oxygen atoms in total. The molecule has 0 spiro atoms. The molecule has 0 bridgehead atoms. The molecule has 5 rings (SSSR count). The van der Waals surface area contributed by atoms with Crippen molar-refractivity contribution >= 4 is 29.8 Å². The van der Waals surface area contributed by atoms with Crippen LogP contribution in [-0.2, 0) is 47.5 Å². The fourth-order valence-corrected chi connectivity index (χ4v) is 9.64. The van der Waals surface area contributed by atoms with Gasteiger partial charge in [-0.3, -0.25) is 9.59 Å². The third-order valence-corrected chi connectivity index (χ3v) is 12.2. The molecule has 2 saturated carbocycles. The van der Waals surface area contributed by atoms with E-state index in [1.807, 2.05) is 13.8 Å². The molecule has 2 aliphatic carbocycles. The molecule has 2 aromatic rings. The molecule has 15 heteroatoms. The van der Waals surface area contributed by atoms with E-state index in [0.717, 1.165) is 0 Å². The second kappa shape index (κ2) is 18.7. The van der Waals surface area contributed by atoms with Gasteiger partial charge in [0.2, 0.25) is 0 Å². The number of carbonyl (C=O) groups is 5. The van der Waals surface area contributed by atoms with Crippen LogP contribution in [0.3, 0.4) is 0 Å². The summed E-state index contributed by atoms with van der Waals surface area (Å²) in [6.07, 6.45) is -7.87. The van der Waals surface area contributed by atoms with Crippen molar-refractivity contribution in [1.29, 1.82) is 0 Å². The predicted molar refractivity (Wildman–Crippen MR) is 220 cm³/mol. The fraction of sp³-hybridized carbons (Fsp3) is 0.587. The van der Waals surface area contributed by atoms with Crippen LogP contribution in [0, 0.1) is 16.7 Å². The van der Waals surface area contributed by atoms with Crippen LogP contribution < -0.4 is 5.32 Å². The maximum Gasteiger partial charge on any atom is 0.408 e. The first-order valence-corrected chi connectivity index (χ1v) is 20.6. The molecule has 0 radical (unpaired) electrons. The summed E-state index contributed by atoms with van der Waals surface area (Å²) in [6.45, 7) is 12.8. The number of rotatable bonds is 13. The van der Waals surface area contributed by atoms with E-state index in [0.29, 0.717) is 16.7 Å². The van der Waals surface area contributed by atoms with E-state index in [9.17, 15) is 29.4 Å². The third kappa shape index (κ3) is 9.71. The van der Waals surface area contributed by atoms with Crippen molar-refractivity contribution in [3.05, 3.63) is 82.9 Å². The van der Waals surface area contributed by atoms with E-state index in [2.05, 4.69) is 5.32 Å². The van der Waals surface area contributed by atoms with Crippen LogP contribution in [0.2, 0.25) is 0 Å². The van der Waals surface area contributed by atoms with Gasteiger partial charge < -0.3 is 48.7 Å². The van der Waals surface area contributed by atoms with E-state index < -0.39 is 107 Å². The molecule has 3 aliphatic rings. The van der Waals surface area contributed by atoms with Gasteiger partial charge in [0, 0.05) is 40.6 Å². The first-order chi connectivity index (χ1) is 28.6. The Hall–Kier alpha value is -4.67. The average molecular weight is 852 g/mol. The summed E-state index contributed by atoms with van der Waals surface area (Å²) in [5.41, 5.74) is -3.49. The molecule has 10 atom stereocenters. The second-order valence-corrected chi connectivity index (χ2v) is 18.0. The molecule has 1 heterocycles. The van der Waals surface area contributed by atoms with Crippen molar-refractivity contribution in [1.82, 2.24) is 5.32 Å². The molecule has 61 heavy (non-hydrogen) atoms. The van der Waals surface area contributed by atoms with Crippen molar-refractivity contribution in [2.24, 2.45) is 16.7 Å². The SMILES string of the molecule is CO[C@H]1CC2OC[C@@]2(OC(C)=O)C2[C@H](OC(=O)c3ccccc3)CC(C)(C)/C(=C(/C)[C@H](CCO)OC(=O)[C@H](O)[C@@H](NC(=O)OC(C)(C)C)c3ccccc3)[C@@H](OC)C(=O)[C@@]21C. The lowest BCUT2D eigenvalue weighted by molar-refractivity contribution is -0.333. The highest BCUT2D eigenvalue weighted by Gasteiger charge is 2.74. The molecule has 2 aromatic carbocycles. The van der Waals surface area contributed by atoms with Crippen LogP contribution >= 0.6 is 0 Å². The number of hydrogen-bond donors (Lipinski definition) is 3. The first kappa shape index (κ1) is 47.4. The van der Waals surface area contributed by atoms with Gasteiger partial charge in [-0.2, -0.15) is 0 Å². The van der Waals surface area contributed by atoms with E-state index in [4.69, 9.17) is 33.2 Å². The summed E-state index contributed by atoms with van der Waals surface area (Å²) in [6, 6.07) is 15.4. The largest absolute Gasteiger partial charge is 0.458 e. The topological polar surface area (TPSA) is 202 Å². The molecule has 334 valence electrons. The van der Waals surface area contributed by atoms with Gasteiger partial charge in [0.1, 0.15) is 30.0 Å². The van der Waals surface area contributed by atoms with Gasteiger partial charge in [-0.25, -0.2) is 14.4 Å². The number of aliphatic hydroxyl groups is 2. The number of fused-ring (bicyclic) bond motifs is 3. The number of amides is 1. The minimum atomic E-state index is -1.94. The number of hydrogen-bond acceptors (Lipinski definition) is 14. The van der Waals surface area contributed by atoms with Crippen molar-refractivity contribution in [3.63, 3.8) is 0 Å². The Labute approximate surface area is 357 Å². The van der Waals surface area contributed by atoms with Gasteiger partial charge in [-0.05, 0) is 75.3 Å². The lowest BCUT2D eigenvalue weighted by atomic mass is 9.49. The van der Waals surface area contributed by atoms with Gasteiger partial charge in [0.05, 0.1) is 35.6 Å². The highest BCUT2D eigenvalue weighted by molar-refractivity contribution is 5.94. The zero-order chi connectivity index (χ0) is 45.1. The third-order valence-electron chi connectivity index (χ3n) is 12.2. The van der Waals surface area contributed by atoms with Gasteiger partial charge >= 0.3 is 24.0 Å². The van der Waals surface area contributed by atoms with Crippen LogP contribution in [0.25, 0.3) is 0 Å². The maximum atomic E-state index is 15.6. The molecule has 1 saturated heterocycles. The summed E-state index contributed by atoms with van der Waals surface area (Å²) in [7, 11) is 2.85. The zero-order valence-electron chi connectivity index (χ0n) is 36.7. The molecule has 0 aromatic heterocycles. The van der Waals surface area contributed by atoms with Gasteiger partial charge in [-0.15, -0.1) is 0 Å². The predicted octanol–water partition coefficient (Wildman–Crippen LogP) is 5.21. The highest BCUT2D eigenvalue weighted by atomic mass is 16.6. The summed E-state index contributed by atoms with van der Waals surface area (Å²) < 4.78 is 42.3. The lowest BCUT2D eigenvalue weighted by Gasteiger charge is -2.64. The summed E-state index contributed by atoms with van der Waals surface area (Å²) in [4.78, 5) is 69.5. The number of aliphatic hydroxyl groups excluding tert-OH is 2. The Bertz CT molecular complexity index is 1940. The molecular formula is C46H61NO14. The van der Waals surface area contributed by atoms with Crippen molar-refractivity contribution in [2.45, 2.75) is 129 Å². The average Bonchev–Trinajstić information content (AvgIpc) is 3.19. The van der Waals surface area contributed by atoms with Crippen LogP contribution in [0.4, 0.5) is 4.79 Å². The van der Waals surface area contributed by atoms with Crippen LogP contribution in [-0.4, -0.2) is 115 Å². The van der Waals surface area contributed by atoms with Crippen LogP contribution in [0.15, 0.2) is 71.8 Å². The Morgan fingerprint density at radius 1 is 0.951 bits per heavy atom. The van der Waals surface area contributed by atoms with E-state index in [1.165, 1.54) is 21.1 Å². The Kier molecular flexibility index (Phi) is 14.6. The van der Waals surface area contributed by atoms with Crippen molar-refractivity contribution in [2.75, 3.05) is 27.4 Å². The molecule has 1 amide bonds. The number of carbonyl (C=O) groups excluding carboxylic acids is 5. The van der Waals surface area contributed by atoms with Crippen molar-refractivity contribution in [3.8, 4) is 0 Å². The van der Waals surface area contributed by atoms with Gasteiger partial charge in [-0.1, -0.05) is 62.4 Å². The Morgan fingerprint density at radius 2 is 1.57 bits per heavy atom. The Balaban J connectivity index is 1.63. The number of alkyl carbamates (subject to hydrolysis) is 1. The van der Waals surface area contributed by atoms with E-state index >= 15 is 4.79 Å². The Morgan fingerprint density at radius 3 is 2.10 bits per heavy atom. The molecule has 3 fully saturated rings. The normalized spacial score (nSPS) is 29.4. The number of methoxy groups -OCH3 is 2. The maximum absolute atomic E-state index is 15.6. The molecule has 2 unspecified atom stereocenters. The monoisotopic (exact) mass is 851 g/mol. The quantitative estimate of drug-likeness (QED) is 0.135. The van der Waals surface area contributed by atoms with E-state index in [1.54, 1.807) is 95.3 Å². The minimum absolute atomic E-state index is 0.0516. The fourth-order valence-electron chi connectivity index (χ4n) is 9.64. The zero-order valence-corrected chi connectivity index (χ0v) is 36.7. The number of Topliss-reactive ketones (excluding diaryl/α,β-unsaturated/α-hetero) is 1. The summed E-state index contributed by atoms with van der Waals surface area (Å²) in [5.74, 6) is -3.83. The number of esters is 3. The van der Waals surface area contributed by atoms with Crippen LogP contribution in [0.1, 0.15) is 96.6 Å². The van der Waals surface area contributed by atoms with Crippen molar-refractivity contribution < 1.29 is 67.3 Å². The first-order valence-electron chi connectivity index (χ1n) is 20.6. The number of benzene rings is 2. The highest BCUT2D eigenvalue weighted by Crippen LogP contribution is 2.61. The lowest BCUT2D eigenvalue weighted by Crippen LogP contribution is -2.78. The standard InChI is InChI=1S/C46H61NO14/c1-26(30(21-22-48)58-41(53)36(50)35(28-17-13-11-14-18-28)47-42(54)61-43(3,4)5)34-37(56-10)39(51)45(8)32(55-9)23-33-46(25-57-33,60-27(2)49)38(45)31(24-44(34,6)7)59-40(52)29-19-15-12-16-20-29/h11-20,30-33,35-38,48,50H,21-25H2,1-10H3,(H,47,54)/b34-26-/t30-,31+,32-,33?,35-,36+,37+,38?,45+,46-/m0/s1.